The zero-order valence-corrected chi connectivity index (χ0v) is 30.8. The van der Waals surface area contributed by atoms with E-state index in [1.807, 2.05) is 0 Å². The third kappa shape index (κ3) is 20.0. The molecule has 1 aliphatic rings. The van der Waals surface area contributed by atoms with Crippen LogP contribution in [0.1, 0.15) is 142 Å². The molecule has 1 aliphatic carbocycles. The lowest BCUT2D eigenvalue weighted by atomic mass is 9.85. The summed E-state index contributed by atoms with van der Waals surface area (Å²) in [5.74, 6) is -0.597. The van der Waals surface area contributed by atoms with E-state index in [0.29, 0.717) is 12.8 Å². The number of aliphatic hydroxyl groups is 7. The molecule has 8 unspecified atom stereocenters. The van der Waals surface area contributed by atoms with Gasteiger partial charge in [-0.1, -0.05) is 129 Å². The van der Waals surface area contributed by atoms with Crippen LogP contribution in [0.2, 0.25) is 0 Å². The van der Waals surface area contributed by atoms with Gasteiger partial charge in [0.1, 0.15) is 36.6 Å². The summed E-state index contributed by atoms with van der Waals surface area (Å²) in [4.78, 5) is 23.2. The Hall–Kier alpha value is -0.960. The van der Waals surface area contributed by atoms with E-state index in [-0.39, 0.29) is 6.42 Å². The minimum Gasteiger partial charge on any atom is -0.393 e. The summed E-state index contributed by atoms with van der Waals surface area (Å²) < 4.78 is 22.6. The summed E-state index contributed by atoms with van der Waals surface area (Å²) in [5, 5.41) is 73.8. The van der Waals surface area contributed by atoms with Gasteiger partial charge >= 0.3 is 7.82 Å². The van der Waals surface area contributed by atoms with Gasteiger partial charge in [-0.2, -0.15) is 0 Å². The van der Waals surface area contributed by atoms with Crippen LogP contribution in [0.15, 0.2) is 12.2 Å². The van der Waals surface area contributed by atoms with Crippen molar-refractivity contribution in [3.63, 3.8) is 0 Å². The summed E-state index contributed by atoms with van der Waals surface area (Å²) >= 11 is 0. The number of hydrogen-bond acceptors (Lipinski definition) is 11. The fraction of sp³-hybridized carbons (Fsp3) is 0.914. The lowest BCUT2D eigenvalue weighted by Crippen LogP contribution is -2.64. The molecule has 0 bridgehead atoms. The molecule has 49 heavy (non-hydrogen) atoms. The van der Waals surface area contributed by atoms with Crippen molar-refractivity contribution >= 4 is 13.7 Å². The molecule has 0 saturated heterocycles. The first-order valence-corrected chi connectivity index (χ1v) is 20.2. The fourth-order valence-corrected chi connectivity index (χ4v) is 6.91. The molecule has 0 aromatic carbocycles. The van der Waals surface area contributed by atoms with E-state index in [1.54, 1.807) is 6.08 Å². The number of unbranched alkanes of at least 4 members (excludes halogenated alkanes) is 16. The summed E-state index contributed by atoms with van der Waals surface area (Å²) in [6, 6.07) is -1.23. The molecular formula is C35H68NO12P. The van der Waals surface area contributed by atoms with E-state index < -0.39 is 75.2 Å². The molecule has 0 aromatic heterocycles. The molecule has 8 atom stereocenters. The molecule has 9 N–H and O–H groups in total. The van der Waals surface area contributed by atoms with Crippen molar-refractivity contribution in [2.45, 2.75) is 197 Å². The number of allylic oxidation sites excluding steroid dienone is 1. The van der Waals surface area contributed by atoms with E-state index in [9.17, 15) is 50.0 Å². The Balaban J connectivity index is 2.68. The average molecular weight is 726 g/mol. The standard InChI is InChI=1S/C35H68NO12P/c1-3-5-7-9-11-13-15-16-18-20-22-26(37)24-29(39)36-27(28(38)23-21-19-17-14-12-10-8-6-4-2)25-47-49(45,46)48-35-33(43)31(41)30(40)32(42)34(35)44/h21,23,26-28,30-35,37-38,40-44H,3-20,22,24-25H2,1-2H3,(H,36,39)(H,45,46)/b23-21+. The predicted molar refractivity (Wildman–Crippen MR) is 187 cm³/mol. The third-order valence-electron chi connectivity index (χ3n) is 9.12. The van der Waals surface area contributed by atoms with Crippen LogP contribution in [0, 0.1) is 0 Å². The molecule has 0 aromatic rings. The van der Waals surface area contributed by atoms with Gasteiger partial charge in [-0.05, 0) is 19.3 Å². The first-order chi connectivity index (χ1) is 23.3. The van der Waals surface area contributed by atoms with Crippen molar-refractivity contribution in [1.82, 2.24) is 5.32 Å². The maximum Gasteiger partial charge on any atom is 0.472 e. The van der Waals surface area contributed by atoms with E-state index in [4.69, 9.17) is 9.05 Å². The Labute approximate surface area is 293 Å². The molecule has 13 nitrogen and oxygen atoms in total. The monoisotopic (exact) mass is 725 g/mol. The van der Waals surface area contributed by atoms with Crippen molar-refractivity contribution in [1.29, 1.82) is 0 Å². The van der Waals surface area contributed by atoms with Gasteiger partial charge in [0, 0.05) is 0 Å². The number of carbonyl (C=O) groups is 1. The van der Waals surface area contributed by atoms with Crippen LogP contribution in [0.5, 0.6) is 0 Å². The first kappa shape index (κ1) is 46.1. The van der Waals surface area contributed by atoms with Gasteiger partial charge in [-0.3, -0.25) is 13.8 Å². The molecular weight excluding hydrogens is 657 g/mol. The number of phosphoric ester groups is 1. The second kappa shape index (κ2) is 26.8. The fourth-order valence-electron chi connectivity index (χ4n) is 5.94. The van der Waals surface area contributed by atoms with Crippen LogP contribution in [0.4, 0.5) is 0 Å². The van der Waals surface area contributed by atoms with Crippen LogP contribution in [0.25, 0.3) is 0 Å². The topological polar surface area (TPSA) is 226 Å². The normalized spacial score (nSPS) is 26.0. The predicted octanol–water partition coefficient (Wildman–Crippen LogP) is 3.91. The maximum absolute atomic E-state index is 12.8. The van der Waals surface area contributed by atoms with Crippen molar-refractivity contribution in [2.24, 2.45) is 0 Å². The molecule has 14 heteroatoms. The van der Waals surface area contributed by atoms with Crippen LogP contribution in [-0.2, 0) is 18.4 Å². The molecule has 1 amide bonds. The van der Waals surface area contributed by atoms with Crippen molar-refractivity contribution < 1.29 is 59.0 Å². The minimum absolute atomic E-state index is 0.242. The van der Waals surface area contributed by atoms with Gasteiger partial charge in [0.15, 0.2) is 0 Å². The largest absolute Gasteiger partial charge is 0.472 e. The van der Waals surface area contributed by atoms with Gasteiger partial charge < -0.3 is 46.0 Å². The van der Waals surface area contributed by atoms with Gasteiger partial charge in [0.05, 0.1) is 31.3 Å². The van der Waals surface area contributed by atoms with Crippen LogP contribution < -0.4 is 5.32 Å². The van der Waals surface area contributed by atoms with Crippen LogP contribution in [0.3, 0.4) is 0 Å². The van der Waals surface area contributed by atoms with Crippen molar-refractivity contribution in [3.05, 3.63) is 12.2 Å². The highest BCUT2D eigenvalue weighted by Crippen LogP contribution is 2.47. The van der Waals surface area contributed by atoms with E-state index in [0.717, 1.165) is 44.9 Å². The Morgan fingerprint density at radius 2 is 1.16 bits per heavy atom. The lowest BCUT2D eigenvalue weighted by Gasteiger charge is -2.41. The lowest BCUT2D eigenvalue weighted by molar-refractivity contribution is -0.220. The van der Waals surface area contributed by atoms with Crippen LogP contribution in [-0.4, -0.2) is 108 Å². The molecule has 290 valence electrons. The number of carbonyl (C=O) groups excluding carboxylic acids is 1. The second-order valence-electron chi connectivity index (χ2n) is 13.6. The molecule has 0 heterocycles. The van der Waals surface area contributed by atoms with Crippen molar-refractivity contribution in [2.75, 3.05) is 6.61 Å². The quantitative estimate of drug-likeness (QED) is 0.0304. The summed E-state index contributed by atoms with van der Waals surface area (Å²) in [6.45, 7) is 3.63. The number of hydrogen-bond donors (Lipinski definition) is 9. The summed E-state index contributed by atoms with van der Waals surface area (Å²) in [5.41, 5.74) is 0. The SMILES string of the molecule is CCCCCCCCC/C=C/C(O)C(COP(=O)(O)OC1C(O)C(O)C(O)C(O)C1O)NC(=O)CC(O)CCCCCCCCCCCC. The molecule has 1 fully saturated rings. The molecule has 1 saturated carbocycles. The van der Waals surface area contributed by atoms with Crippen molar-refractivity contribution in [3.8, 4) is 0 Å². The molecule has 0 radical (unpaired) electrons. The Bertz CT molecular complexity index is 911. The average Bonchev–Trinajstić information content (AvgIpc) is 3.06. The highest BCUT2D eigenvalue weighted by Gasteiger charge is 2.51. The Morgan fingerprint density at radius 1 is 0.714 bits per heavy atom. The minimum atomic E-state index is -5.12. The number of nitrogens with one attached hydrogen (secondary N) is 1. The Morgan fingerprint density at radius 3 is 1.67 bits per heavy atom. The van der Waals surface area contributed by atoms with Gasteiger partial charge in [-0.15, -0.1) is 0 Å². The van der Waals surface area contributed by atoms with E-state index in [1.165, 1.54) is 70.3 Å². The zero-order valence-electron chi connectivity index (χ0n) is 29.9. The Kier molecular flexibility index (Phi) is 25.2. The number of amides is 1. The molecule has 0 aliphatic heterocycles. The summed E-state index contributed by atoms with van der Waals surface area (Å²) in [7, 11) is -5.12. The smallest absolute Gasteiger partial charge is 0.393 e. The maximum atomic E-state index is 12.8. The zero-order chi connectivity index (χ0) is 36.7. The van der Waals surface area contributed by atoms with E-state index in [2.05, 4.69) is 19.2 Å². The third-order valence-corrected chi connectivity index (χ3v) is 10.1. The van der Waals surface area contributed by atoms with Gasteiger partial charge in [0.2, 0.25) is 5.91 Å². The summed E-state index contributed by atoms with van der Waals surface area (Å²) in [6.07, 6.45) is 9.19. The van der Waals surface area contributed by atoms with E-state index >= 15 is 0 Å². The second-order valence-corrected chi connectivity index (χ2v) is 15.0. The number of rotatable bonds is 29. The molecule has 0 spiro atoms. The number of phosphoric acid groups is 1. The highest BCUT2D eigenvalue weighted by molar-refractivity contribution is 7.47. The van der Waals surface area contributed by atoms with Gasteiger partial charge in [-0.25, -0.2) is 4.57 Å². The van der Waals surface area contributed by atoms with Gasteiger partial charge in [0.25, 0.3) is 0 Å². The van der Waals surface area contributed by atoms with Crippen LogP contribution >= 0.6 is 7.82 Å². The molecule has 1 rings (SSSR count). The highest BCUT2D eigenvalue weighted by atomic mass is 31.2. The number of aliphatic hydroxyl groups excluding tert-OH is 7. The first-order valence-electron chi connectivity index (χ1n) is 18.7.